The largest absolute Gasteiger partial charge is 0.378 e. The molecule has 1 unspecified atom stereocenters. The number of aromatic nitrogens is 2. The van der Waals surface area contributed by atoms with E-state index in [9.17, 15) is 0 Å². The third-order valence-corrected chi connectivity index (χ3v) is 2.94. The van der Waals surface area contributed by atoms with Crippen LogP contribution in [0.15, 0.2) is 12.3 Å². The van der Waals surface area contributed by atoms with E-state index < -0.39 is 0 Å². The Balaban J connectivity index is 2.05. The summed E-state index contributed by atoms with van der Waals surface area (Å²) in [5.41, 5.74) is 0. The van der Waals surface area contributed by atoms with E-state index in [2.05, 4.69) is 34.0 Å². The lowest BCUT2D eigenvalue weighted by molar-refractivity contribution is 0.122. The molecule has 1 aliphatic heterocycles. The van der Waals surface area contributed by atoms with E-state index in [-0.39, 0.29) is 0 Å². The second-order valence-corrected chi connectivity index (χ2v) is 4.29. The molecule has 0 saturated carbocycles. The number of nitrogens with zero attached hydrogens (tertiary/aromatic N) is 3. The minimum atomic E-state index is 0.433. The number of ether oxygens (including phenoxy) is 1. The molecule has 1 saturated heterocycles. The van der Waals surface area contributed by atoms with Crippen molar-refractivity contribution in [3.8, 4) is 0 Å². The normalized spacial score (nSPS) is 17.9. The Kier molecular flexibility index (Phi) is 4.14. The van der Waals surface area contributed by atoms with E-state index >= 15 is 0 Å². The fraction of sp³-hybridized carbons (Fsp3) is 0.667. The molecular formula is C12H20N4O. The Morgan fingerprint density at radius 2 is 2.24 bits per heavy atom. The van der Waals surface area contributed by atoms with Crippen LogP contribution < -0.4 is 10.2 Å². The van der Waals surface area contributed by atoms with Crippen LogP contribution in [-0.2, 0) is 4.74 Å². The average molecular weight is 236 g/mol. The maximum Gasteiger partial charge on any atom is 0.227 e. The second-order valence-electron chi connectivity index (χ2n) is 4.29. The van der Waals surface area contributed by atoms with Gasteiger partial charge in [0.05, 0.1) is 13.2 Å². The van der Waals surface area contributed by atoms with E-state index in [0.29, 0.717) is 6.04 Å². The fourth-order valence-electron chi connectivity index (χ4n) is 1.70. The first kappa shape index (κ1) is 12.1. The van der Waals surface area contributed by atoms with Crippen LogP contribution in [0.25, 0.3) is 0 Å². The summed E-state index contributed by atoms with van der Waals surface area (Å²) in [6, 6.07) is 2.35. The number of rotatable bonds is 4. The lowest BCUT2D eigenvalue weighted by Crippen LogP contribution is -2.37. The molecule has 1 aromatic heterocycles. The molecule has 0 radical (unpaired) electrons. The van der Waals surface area contributed by atoms with Gasteiger partial charge in [0.2, 0.25) is 5.95 Å². The van der Waals surface area contributed by atoms with Crippen LogP contribution in [0.5, 0.6) is 0 Å². The zero-order valence-electron chi connectivity index (χ0n) is 10.5. The van der Waals surface area contributed by atoms with Crippen LogP contribution in [0, 0.1) is 0 Å². The minimum absolute atomic E-state index is 0.433. The summed E-state index contributed by atoms with van der Waals surface area (Å²) in [6.45, 7) is 7.55. The van der Waals surface area contributed by atoms with Gasteiger partial charge in [0.15, 0.2) is 0 Å². The van der Waals surface area contributed by atoms with Gasteiger partial charge in [-0.05, 0) is 19.4 Å². The third-order valence-electron chi connectivity index (χ3n) is 2.94. The van der Waals surface area contributed by atoms with E-state index in [1.807, 2.05) is 12.3 Å². The zero-order chi connectivity index (χ0) is 12.1. The standard InChI is InChI=1S/C12H20N4O/c1-3-10(2)14-11-4-5-13-12(15-11)16-6-8-17-9-7-16/h4-5,10H,3,6-9H2,1-2H3,(H,13,14,15). The van der Waals surface area contributed by atoms with Gasteiger partial charge >= 0.3 is 0 Å². The van der Waals surface area contributed by atoms with Crippen LogP contribution in [0.2, 0.25) is 0 Å². The Hall–Kier alpha value is -1.36. The SMILES string of the molecule is CCC(C)Nc1ccnc(N2CCOCC2)n1. The van der Waals surface area contributed by atoms with Crippen molar-refractivity contribution in [3.05, 3.63) is 12.3 Å². The molecule has 0 spiro atoms. The summed E-state index contributed by atoms with van der Waals surface area (Å²) in [5, 5.41) is 3.36. The van der Waals surface area contributed by atoms with Crippen LogP contribution in [0.4, 0.5) is 11.8 Å². The Morgan fingerprint density at radius 3 is 2.94 bits per heavy atom. The van der Waals surface area contributed by atoms with E-state index in [0.717, 1.165) is 44.5 Å². The predicted octanol–water partition coefficient (Wildman–Crippen LogP) is 1.52. The molecule has 0 aliphatic carbocycles. The van der Waals surface area contributed by atoms with Gasteiger partial charge in [-0.3, -0.25) is 0 Å². The maximum absolute atomic E-state index is 5.32. The molecule has 5 heteroatoms. The number of morpholine rings is 1. The van der Waals surface area contributed by atoms with Crippen LogP contribution in [0.3, 0.4) is 0 Å². The molecule has 1 aromatic rings. The topological polar surface area (TPSA) is 50.3 Å². The molecule has 1 N–H and O–H groups in total. The third kappa shape index (κ3) is 3.30. The highest BCUT2D eigenvalue weighted by molar-refractivity contribution is 5.41. The van der Waals surface area contributed by atoms with Crippen LogP contribution in [0.1, 0.15) is 20.3 Å². The summed E-state index contributed by atoms with van der Waals surface area (Å²) >= 11 is 0. The Labute approximate surface area is 102 Å². The maximum atomic E-state index is 5.32. The van der Waals surface area contributed by atoms with Gasteiger partial charge in [0.25, 0.3) is 0 Å². The minimum Gasteiger partial charge on any atom is -0.378 e. The molecule has 1 atom stereocenters. The summed E-state index contributed by atoms with van der Waals surface area (Å²) in [4.78, 5) is 11.0. The van der Waals surface area contributed by atoms with E-state index in [4.69, 9.17) is 4.74 Å². The molecule has 17 heavy (non-hydrogen) atoms. The van der Waals surface area contributed by atoms with Gasteiger partial charge in [-0.15, -0.1) is 0 Å². The first-order valence-electron chi connectivity index (χ1n) is 6.22. The van der Waals surface area contributed by atoms with E-state index in [1.54, 1.807) is 0 Å². The van der Waals surface area contributed by atoms with Crippen molar-refractivity contribution in [2.45, 2.75) is 26.3 Å². The van der Waals surface area contributed by atoms with Gasteiger partial charge in [-0.2, -0.15) is 4.98 Å². The summed E-state index contributed by atoms with van der Waals surface area (Å²) in [6.07, 6.45) is 2.89. The number of hydrogen-bond acceptors (Lipinski definition) is 5. The number of hydrogen-bond donors (Lipinski definition) is 1. The quantitative estimate of drug-likeness (QED) is 0.859. The molecule has 1 aliphatic rings. The monoisotopic (exact) mass is 236 g/mol. The van der Waals surface area contributed by atoms with Crippen molar-refractivity contribution in [1.29, 1.82) is 0 Å². The summed E-state index contributed by atoms with van der Waals surface area (Å²) in [5.74, 6) is 1.69. The van der Waals surface area contributed by atoms with Crippen LogP contribution in [-0.4, -0.2) is 42.3 Å². The van der Waals surface area contributed by atoms with E-state index in [1.165, 1.54) is 0 Å². The van der Waals surface area contributed by atoms with Crippen molar-refractivity contribution in [2.75, 3.05) is 36.5 Å². The van der Waals surface area contributed by atoms with Crippen molar-refractivity contribution >= 4 is 11.8 Å². The molecule has 0 bridgehead atoms. The molecule has 2 heterocycles. The van der Waals surface area contributed by atoms with Crippen molar-refractivity contribution in [1.82, 2.24) is 9.97 Å². The number of anilines is 2. The van der Waals surface area contributed by atoms with Gasteiger partial charge < -0.3 is 15.0 Å². The predicted molar refractivity (Wildman–Crippen MR) is 68.4 cm³/mol. The zero-order valence-corrected chi connectivity index (χ0v) is 10.5. The molecular weight excluding hydrogens is 216 g/mol. The van der Waals surface area contributed by atoms with Crippen molar-refractivity contribution in [3.63, 3.8) is 0 Å². The first-order chi connectivity index (χ1) is 8.29. The second kappa shape index (κ2) is 5.82. The van der Waals surface area contributed by atoms with Gasteiger partial charge in [0.1, 0.15) is 5.82 Å². The molecule has 0 aromatic carbocycles. The lowest BCUT2D eigenvalue weighted by atomic mass is 10.2. The smallest absolute Gasteiger partial charge is 0.227 e. The van der Waals surface area contributed by atoms with Crippen molar-refractivity contribution in [2.24, 2.45) is 0 Å². The van der Waals surface area contributed by atoms with Gasteiger partial charge in [-0.25, -0.2) is 4.98 Å². The number of nitrogens with one attached hydrogen (secondary N) is 1. The van der Waals surface area contributed by atoms with Crippen LogP contribution >= 0.6 is 0 Å². The van der Waals surface area contributed by atoms with Gasteiger partial charge in [-0.1, -0.05) is 6.92 Å². The molecule has 0 amide bonds. The van der Waals surface area contributed by atoms with Crippen molar-refractivity contribution < 1.29 is 4.74 Å². The summed E-state index contributed by atoms with van der Waals surface area (Å²) < 4.78 is 5.32. The molecule has 2 rings (SSSR count). The molecule has 94 valence electrons. The molecule has 5 nitrogen and oxygen atoms in total. The average Bonchev–Trinajstić information content (AvgIpc) is 2.40. The molecule has 1 fully saturated rings. The first-order valence-corrected chi connectivity index (χ1v) is 6.22. The lowest BCUT2D eigenvalue weighted by Gasteiger charge is -2.27. The Morgan fingerprint density at radius 1 is 1.47 bits per heavy atom. The van der Waals surface area contributed by atoms with Gasteiger partial charge in [0, 0.05) is 25.3 Å². The Bertz CT molecular complexity index is 352. The highest BCUT2D eigenvalue weighted by atomic mass is 16.5. The highest BCUT2D eigenvalue weighted by Crippen LogP contribution is 2.13. The summed E-state index contributed by atoms with van der Waals surface area (Å²) in [7, 11) is 0. The fourth-order valence-corrected chi connectivity index (χ4v) is 1.70. The highest BCUT2D eigenvalue weighted by Gasteiger charge is 2.14.